The summed E-state index contributed by atoms with van der Waals surface area (Å²) in [4.78, 5) is 37.5. The van der Waals surface area contributed by atoms with Crippen molar-refractivity contribution in [2.75, 3.05) is 47.5 Å². The van der Waals surface area contributed by atoms with Crippen molar-refractivity contribution in [2.24, 2.45) is 0 Å². The van der Waals surface area contributed by atoms with Crippen molar-refractivity contribution in [2.45, 2.75) is 148 Å². The smallest absolute Gasteiger partial charge is 0.306 e. The summed E-state index contributed by atoms with van der Waals surface area (Å²) in [7, 11) is 1.10. The molecule has 320 valence electrons. The third-order valence-electron chi connectivity index (χ3n) is 8.49. The van der Waals surface area contributed by atoms with Gasteiger partial charge >= 0.3 is 11.9 Å². The molecular formula is C46H78NO8P. The van der Waals surface area contributed by atoms with Gasteiger partial charge in [-0.3, -0.25) is 14.2 Å². The summed E-state index contributed by atoms with van der Waals surface area (Å²) in [6.45, 7) is 3.96. The van der Waals surface area contributed by atoms with Crippen LogP contribution in [0, 0.1) is 0 Å². The lowest BCUT2D eigenvalue weighted by Gasteiger charge is -2.28. The van der Waals surface area contributed by atoms with Crippen LogP contribution in [0.25, 0.3) is 0 Å². The molecule has 0 fully saturated rings. The molecule has 0 saturated heterocycles. The maximum Gasteiger partial charge on any atom is 0.306 e. The van der Waals surface area contributed by atoms with Gasteiger partial charge in [0.25, 0.3) is 7.82 Å². The first-order valence-corrected chi connectivity index (χ1v) is 22.8. The molecule has 0 rings (SSSR count). The number of carbonyl (C=O) groups excluding carboxylic acids is 2. The van der Waals surface area contributed by atoms with E-state index in [0.29, 0.717) is 23.9 Å². The first-order chi connectivity index (χ1) is 27.0. The summed E-state index contributed by atoms with van der Waals surface area (Å²) < 4.78 is 33.8. The van der Waals surface area contributed by atoms with Gasteiger partial charge in [0.15, 0.2) is 6.10 Å². The van der Waals surface area contributed by atoms with E-state index < -0.39 is 32.5 Å². The molecule has 0 aromatic rings. The number of ether oxygens (including phenoxy) is 2. The van der Waals surface area contributed by atoms with E-state index >= 15 is 0 Å². The number of carbonyl (C=O) groups is 2. The number of esters is 2. The predicted molar refractivity (Wildman–Crippen MR) is 231 cm³/mol. The lowest BCUT2D eigenvalue weighted by molar-refractivity contribution is -0.870. The summed E-state index contributed by atoms with van der Waals surface area (Å²) in [6.07, 6.45) is 47.6. The SMILES string of the molecule is CC/C=C/C=C/C=C/C=C/CCCCCCCC(=O)O[C@H](COC(=O)CCC/C=C/C/C=C/C/C=C/CCCCCCCC)COP(=O)([O-])OCC[N+](C)(C)C. The Hall–Kier alpha value is -2.81. The van der Waals surface area contributed by atoms with Crippen molar-refractivity contribution in [3.05, 3.63) is 85.1 Å². The number of unbranched alkanes of at least 4 members (excludes halogenated alkanes) is 12. The largest absolute Gasteiger partial charge is 0.756 e. The first-order valence-electron chi connectivity index (χ1n) is 21.3. The lowest BCUT2D eigenvalue weighted by atomic mass is 10.1. The van der Waals surface area contributed by atoms with E-state index in [2.05, 4.69) is 68.5 Å². The number of hydrogen-bond donors (Lipinski definition) is 0. The first kappa shape index (κ1) is 53.2. The Morgan fingerprint density at radius 1 is 0.589 bits per heavy atom. The molecule has 0 aromatic heterocycles. The topological polar surface area (TPSA) is 111 Å². The van der Waals surface area contributed by atoms with Crippen LogP contribution >= 0.6 is 7.82 Å². The molecule has 0 aromatic carbocycles. The van der Waals surface area contributed by atoms with Gasteiger partial charge < -0.3 is 27.9 Å². The molecule has 0 N–H and O–H groups in total. The number of hydrogen-bond acceptors (Lipinski definition) is 8. The van der Waals surface area contributed by atoms with Crippen molar-refractivity contribution in [1.82, 2.24) is 0 Å². The Balaban J connectivity index is 4.52. The van der Waals surface area contributed by atoms with Crippen LogP contribution in [-0.4, -0.2) is 70.0 Å². The highest BCUT2D eigenvalue weighted by Gasteiger charge is 2.21. The van der Waals surface area contributed by atoms with Crippen LogP contribution in [0.2, 0.25) is 0 Å². The minimum Gasteiger partial charge on any atom is -0.756 e. The van der Waals surface area contributed by atoms with E-state index in [-0.39, 0.29) is 26.1 Å². The maximum atomic E-state index is 12.6. The highest BCUT2D eigenvalue weighted by Crippen LogP contribution is 2.38. The van der Waals surface area contributed by atoms with Gasteiger partial charge in [0, 0.05) is 12.8 Å². The Bertz CT molecular complexity index is 1230. The van der Waals surface area contributed by atoms with E-state index in [0.717, 1.165) is 64.2 Å². The highest BCUT2D eigenvalue weighted by atomic mass is 31.2. The normalized spacial score (nSPS) is 14.5. The molecule has 0 saturated carbocycles. The molecule has 56 heavy (non-hydrogen) atoms. The van der Waals surface area contributed by atoms with Gasteiger partial charge in [0.2, 0.25) is 0 Å². The molecule has 10 heteroatoms. The lowest BCUT2D eigenvalue weighted by Crippen LogP contribution is -2.37. The third kappa shape index (κ3) is 40.8. The Morgan fingerprint density at radius 2 is 1.11 bits per heavy atom. The second-order valence-electron chi connectivity index (χ2n) is 15.1. The number of allylic oxidation sites excluding steroid dienone is 14. The van der Waals surface area contributed by atoms with Crippen molar-refractivity contribution in [1.29, 1.82) is 0 Å². The summed E-state index contributed by atoms with van der Waals surface area (Å²) in [5.41, 5.74) is 0. The number of quaternary nitrogens is 1. The van der Waals surface area contributed by atoms with Crippen LogP contribution in [-0.2, 0) is 32.7 Å². The summed E-state index contributed by atoms with van der Waals surface area (Å²) in [5.74, 6) is -0.933. The van der Waals surface area contributed by atoms with Crippen molar-refractivity contribution >= 4 is 19.8 Å². The molecule has 0 spiro atoms. The molecule has 0 radical (unpaired) electrons. The fraction of sp³-hybridized carbons (Fsp3) is 0.652. The van der Waals surface area contributed by atoms with E-state index in [1.165, 1.54) is 38.5 Å². The molecule has 2 atom stereocenters. The molecular weight excluding hydrogens is 725 g/mol. The molecule has 0 bridgehead atoms. The second-order valence-corrected chi connectivity index (χ2v) is 16.5. The van der Waals surface area contributed by atoms with Gasteiger partial charge in [-0.25, -0.2) is 0 Å². The zero-order chi connectivity index (χ0) is 41.4. The quantitative estimate of drug-likeness (QED) is 0.0152. The average Bonchev–Trinajstić information content (AvgIpc) is 3.15. The van der Waals surface area contributed by atoms with Crippen LogP contribution in [0.1, 0.15) is 142 Å². The highest BCUT2D eigenvalue weighted by molar-refractivity contribution is 7.45. The van der Waals surface area contributed by atoms with Crippen LogP contribution in [0.15, 0.2) is 85.1 Å². The summed E-state index contributed by atoms with van der Waals surface area (Å²) in [6, 6.07) is 0. The van der Waals surface area contributed by atoms with E-state index in [1.807, 2.05) is 51.5 Å². The third-order valence-corrected chi connectivity index (χ3v) is 9.46. The minimum atomic E-state index is -4.65. The monoisotopic (exact) mass is 804 g/mol. The molecule has 0 aliphatic rings. The minimum absolute atomic E-state index is 0.0483. The van der Waals surface area contributed by atoms with Gasteiger partial charge in [0.05, 0.1) is 27.7 Å². The molecule has 0 amide bonds. The Kier molecular flexibility index (Phi) is 35.9. The Morgan fingerprint density at radius 3 is 1.73 bits per heavy atom. The van der Waals surface area contributed by atoms with E-state index in [9.17, 15) is 19.0 Å². The molecule has 0 aliphatic carbocycles. The van der Waals surface area contributed by atoms with Gasteiger partial charge in [-0.15, -0.1) is 0 Å². The number of nitrogens with zero attached hydrogens (tertiary/aromatic N) is 1. The Labute approximate surface area is 341 Å². The zero-order valence-electron chi connectivity index (χ0n) is 35.8. The van der Waals surface area contributed by atoms with Crippen LogP contribution in [0.5, 0.6) is 0 Å². The number of phosphoric acid groups is 1. The van der Waals surface area contributed by atoms with Gasteiger partial charge in [-0.1, -0.05) is 150 Å². The fourth-order valence-corrected chi connectivity index (χ4v) is 5.88. The number of rotatable bonds is 37. The summed E-state index contributed by atoms with van der Waals surface area (Å²) in [5, 5.41) is 0. The second kappa shape index (κ2) is 37.7. The summed E-state index contributed by atoms with van der Waals surface area (Å²) >= 11 is 0. The number of likely N-dealkylation sites (N-methyl/N-ethyl adjacent to an activating group) is 1. The van der Waals surface area contributed by atoms with E-state index in [1.54, 1.807) is 0 Å². The molecule has 9 nitrogen and oxygen atoms in total. The zero-order valence-corrected chi connectivity index (χ0v) is 36.7. The van der Waals surface area contributed by atoms with Crippen molar-refractivity contribution in [3.8, 4) is 0 Å². The molecule has 0 aliphatic heterocycles. The van der Waals surface area contributed by atoms with Crippen molar-refractivity contribution in [3.63, 3.8) is 0 Å². The van der Waals surface area contributed by atoms with Gasteiger partial charge in [-0.05, 0) is 64.2 Å². The van der Waals surface area contributed by atoms with Crippen molar-refractivity contribution < 1.29 is 42.1 Å². The van der Waals surface area contributed by atoms with E-state index in [4.69, 9.17) is 18.5 Å². The predicted octanol–water partition coefficient (Wildman–Crippen LogP) is 11.4. The fourth-order valence-electron chi connectivity index (χ4n) is 5.15. The van der Waals surface area contributed by atoms with Crippen LogP contribution < -0.4 is 4.89 Å². The average molecular weight is 804 g/mol. The molecule has 0 heterocycles. The van der Waals surface area contributed by atoms with Gasteiger partial charge in [-0.2, -0.15) is 0 Å². The molecule has 1 unspecified atom stereocenters. The number of phosphoric ester groups is 1. The standard InChI is InChI=1S/C46H78NO8P/c1-6-8-10-12-14-16-18-20-22-23-25-26-28-30-32-34-36-38-45(48)52-42-44(43-54-56(50,51)53-41-40-47(3,4)5)55-46(49)39-37-35-33-31-29-27-24-21-19-17-15-13-11-9-7-2/h9,11,13,15,17,19-22,24-26,30,32,44H,6-8,10,12,14,16,18,23,27-29,31,33-43H2,1-5H3/b11-9+,15-13+,19-17+,22-20+,24-21+,26-25+,32-30+/t44-/m1/s1. The maximum absolute atomic E-state index is 12.6. The van der Waals surface area contributed by atoms with Crippen LogP contribution in [0.4, 0.5) is 0 Å². The van der Waals surface area contributed by atoms with Gasteiger partial charge in [0.1, 0.15) is 19.8 Å². The van der Waals surface area contributed by atoms with Crippen LogP contribution in [0.3, 0.4) is 0 Å².